The number of hydrogen-bond acceptors (Lipinski definition) is 3. The van der Waals surface area contributed by atoms with Gasteiger partial charge in [0.15, 0.2) is 11.7 Å². The van der Waals surface area contributed by atoms with E-state index in [0.717, 1.165) is 76.7 Å². The van der Waals surface area contributed by atoms with Gasteiger partial charge in [0, 0.05) is 65.0 Å². The first-order valence-electron chi connectivity index (χ1n) is 18.6. The summed E-state index contributed by atoms with van der Waals surface area (Å²) in [6.45, 7) is 0. The van der Waals surface area contributed by atoms with Gasteiger partial charge in [-0.2, -0.15) is 0 Å². The van der Waals surface area contributed by atoms with Crippen molar-refractivity contribution in [1.29, 1.82) is 5.41 Å². The van der Waals surface area contributed by atoms with Crippen molar-refractivity contribution in [3.05, 3.63) is 205 Å². The van der Waals surface area contributed by atoms with Gasteiger partial charge >= 0.3 is 0 Å². The summed E-state index contributed by atoms with van der Waals surface area (Å²) in [5.74, 6) is 0.605. The molecule has 264 valence electrons. The van der Waals surface area contributed by atoms with Crippen LogP contribution in [0.15, 0.2) is 202 Å². The van der Waals surface area contributed by atoms with E-state index in [0.29, 0.717) is 5.84 Å². The fourth-order valence-electron chi connectivity index (χ4n) is 7.52. The first kappa shape index (κ1) is 33.4. The maximum atomic E-state index is 9.18. The minimum absolute atomic E-state index is 0.152. The standard InChI is InChI=1S/C51H33N3OS/c52-50(37-25-28-42-41-23-13-14-24-45(41)56-46(42)31-37)54-51(36-21-11-4-12-22-36)53-32-38-26-27-40(34-17-7-2-8-18-34)49-47(38)44-30-39(33-15-5-1-6-16-33)29-43(48(44)55-49)35-19-9-3-10-20-35/h1-32,52H. The van der Waals surface area contributed by atoms with Gasteiger partial charge in [0.05, 0.1) is 0 Å². The third-order valence-electron chi connectivity index (χ3n) is 10.3. The lowest BCUT2D eigenvalue weighted by Gasteiger charge is -2.08. The zero-order valence-electron chi connectivity index (χ0n) is 30.2. The lowest BCUT2D eigenvalue weighted by Crippen LogP contribution is -2.04. The SMILES string of the molecule is N=C(N=C(N=Cc1ccc(-c2ccccc2)c2oc3c(-c4ccccc4)cc(-c4ccccc4)cc3c12)c1ccccc1)c1ccc2c(c1)sc1ccccc12. The number of nitrogens with one attached hydrogen (secondary N) is 1. The largest absolute Gasteiger partial charge is 0.455 e. The molecule has 10 rings (SSSR count). The van der Waals surface area contributed by atoms with E-state index in [4.69, 9.17) is 14.4 Å². The minimum Gasteiger partial charge on any atom is -0.455 e. The molecule has 0 unspecified atom stereocenters. The summed E-state index contributed by atoms with van der Waals surface area (Å²) in [6, 6.07) is 64.4. The summed E-state index contributed by atoms with van der Waals surface area (Å²) in [4.78, 5) is 9.95. The summed E-state index contributed by atoms with van der Waals surface area (Å²) in [6.07, 6.45) is 1.87. The number of fused-ring (bicyclic) bond motifs is 6. The number of benzene rings is 8. The molecule has 0 saturated heterocycles. The van der Waals surface area contributed by atoms with Gasteiger partial charge in [-0.05, 0) is 52.6 Å². The second-order valence-corrected chi connectivity index (χ2v) is 14.8. The van der Waals surface area contributed by atoms with Gasteiger partial charge in [-0.3, -0.25) is 5.41 Å². The fourth-order valence-corrected chi connectivity index (χ4v) is 8.67. The van der Waals surface area contributed by atoms with Crippen LogP contribution in [0, 0.1) is 5.41 Å². The summed E-state index contributed by atoms with van der Waals surface area (Å²) in [5, 5.41) is 13.6. The van der Waals surface area contributed by atoms with Gasteiger partial charge in [-0.25, -0.2) is 9.98 Å². The fraction of sp³-hybridized carbons (Fsp3) is 0. The molecule has 8 aromatic carbocycles. The van der Waals surface area contributed by atoms with Gasteiger partial charge in [0.25, 0.3) is 0 Å². The third kappa shape index (κ3) is 6.10. The van der Waals surface area contributed by atoms with Crippen LogP contribution in [0.1, 0.15) is 16.7 Å². The molecular weight excluding hydrogens is 703 g/mol. The van der Waals surface area contributed by atoms with Gasteiger partial charge in [0.1, 0.15) is 11.2 Å². The molecule has 2 heterocycles. The van der Waals surface area contributed by atoms with E-state index in [2.05, 4.69) is 133 Å². The molecule has 0 spiro atoms. The van der Waals surface area contributed by atoms with Crippen LogP contribution in [0.4, 0.5) is 0 Å². The van der Waals surface area contributed by atoms with Crippen LogP contribution in [0.25, 0.3) is 75.5 Å². The molecule has 4 nitrogen and oxygen atoms in total. The van der Waals surface area contributed by atoms with Crippen LogP contribution in [-0.4, -0.2) is 17.9 Å². The van der Waals surface area contributed by atoms with Gasteiger partial charge in [-0.15, -0.1) is 11.3 Å². The van der Waals surface area contributed by atoms with Crippen molar-refractivity contribution in [2.45, 2.75) is 0 Å². The van der Waals surface area contributed by atoms with Gasteiger partial charge < -0.3 is 4.42 Å². The number of thiophene rings is 1. The van der Waals surface area contributed by atoms with Crippen molar-refractivity contribution >= 4 is 71.3 Å². The molecule has 56 heavy (non-hydrogen) atoms. The zero-order chi connectivity index (χ0) is 37.4. The van der Waals surface area contributed by atoms with E-state index in [9.17, 15) is 5.41 Å². The Morgan fingerprint density at radius 1 is 0.482 bits per heavy atom. The van der Waals surface area contributed by atoms with Crippen molar-refractivity contribution in [2.24, 2.45) is 9.98 Å². The highest BCUT2D eigenvalue weighted by atomic mass is 32.1. The number of hydrogen-bond donors (Lipinski definition) is 1. The van der Waals surface area contributed by atoms with E-state index in [1.807, 2.05) is 60.8 Å². The normalized spacial score (nSPS) is 12.0. The Hall–Kier alpha value is -7.21. The molecule has 0 saturated carbocycles. The molecule has 0 atom stereocenters. The summed E-state index contributed by atoms with van der Waals surface area (Å²) in [5.41, 5.74) is 10.5. The Bertz CT molecular complexity index is 3130. The number of nitrogens with zero attached hydrogens (tertiary/aromatic N) is 2. The predicted octanol–water partition coefficient (Wildman–Crippen LogP) is 13.8. The Morgan fingerprint density at radius 3 is 1.84 bits per heavy atom. The third-order valence-corrected chi connectivity index (χ3v) is 11.4. The topological polar surface area (TPSA) is 61.7 Å². The highest BCUT2D eigenvalue weighted by Crippen LogP contribution is 2.43. The summed E-state index contributed by atoms with van der Waals surface area (Å²) < 4.78 is 9.36. The van der Waals surface area contributed by atoms with Crippen LogP contribution < -0.4 is 0 Å². The Kier molecular flexibility index (Phi) is 8.47. The van der Waals surface area contributed by atoms with Crippen molar-refractivity contribution in [1.82, 2.24) is 0 Å². The van der Waals surface area contributed by atoms with Crippen LogP contribution in [0.2, 0.25) is 0 Å². The quantitative estimate of drug-likeness (QED) is 0.134. The molecule has 0 fully saturated rings. The molecular formula is C51H33N3OS. The molecule has 0 aliphatic carbocycles. The Morgan fingerprint density at radius 2 is 1.11 bits per heavy atom. The first-order chi connectivity index (χ1) is 27.7. The van der Waals surface area contributed by atoms with Crippen LogP contribution in [0.3, 0.4) is 0 Å². The van der Waals surface area contributed by atoms with Gasteiger partial charge in [-0.1, -0.05) is 158 Å². The average Bonchev–Trinajstić information content (AvgIpc) is 3.85. The number of aliphatic imine (C=N–C) groups is 2. The number of amidine groups is 2. The first-order valence-corrected chi connectivity index (χ1v) is 19.4. The van der Waals surface area contributed by atoms with E-state index in [1.165, 1.54) is 15.5 Å². The summed E-state index contributed by atoms with van der Waals surface area (Å²) in [7, 11) is 0. The van der Waals surface area contributed by atoms with Crippen LogP contribution in [0.5, 0.6) is 0 Å². The molecule has 10 aromatic rings. The molecule has 1 N–H and O–H groups in total. The van der Waals surface area contributed by atoms with E-state index < -0.39 is 0 Å². The Balaban J connectivity index is 1.16. The maximum absolute atomic E-state index is 9.18. The molecule has 2 aromatic heterocycles. The van der Waals surface area contributed by atoms with Crippen molar-refractivity contribution in [3.63, 3.8) is 0 Å². The Labute approximate surface area is 327 Å². The van der Waals surface area contributed by atoms with Crippen molar-refractivity contribution in [2.75, 3.05) is 0 Å². The molecule has 5 heteroatoms. The van der Waals surface area contributed by atoms with Crippen LogP contribution >= 0.6 is 11.3 Å². The lowest BCUT2D eigenvalue weighted by molar-refractivity contribution is 0.671. The van der Waals surface area contributed by atoms with E-state index in [-0.39, 0.29) is 5.84 Å². The molecule has 0 aliphatic rings. The smallest absolute Gasteiger partial charge is 0.161 e. The molecule has 0 amide bonds. The van der Waals surface area contributed by atoms with E-state index >= 15 is 0 Å². The van der Waals surface area contributed by atoms with Crippen LogP contribution in [-0.2, 0) is 0 Å². The second kappa shape index (κ2) is 14.2. The zero-order valence-corrected chi connectivity index (χ0v) is 31.0. The van der Waals surface area contributed by atoms with Crippen molar-refractivity contribution in [3.8, 4) is 33.4 Å². The van der Waals surface area contributed by atoms with E-state index in [1.54, 1.807) is 11.3 Å². The summed E-state index contributed by atoms with van der Waals surface area (Å²) >= 11 is 1.73. The maximum Gasteiger partial charge on any atom is 0.161 e. The monoisotopic (exact) mass is 735 g/mol. The lowest BCUT2D eigenvalue weighted by atomic mass is 9.94. The molecule has 0 bridgehead atoms. The van der Waals surface area contributed by atoms with Crippen molar-refractivity contribution < 1.29 is 4.42 Å². The molecule has 0 radical (unpaired) electrons. The predicted molar refractivity (Wildman–Crippen MR) is 237 cm³/mol. The average molecular weight is 736 g/mol. The highest BCUT2D eigenvalue weighted by Gasteiger charge is 2.20. The molecule has 0 aliphatic heterocycles. The number of furan rings is 1. The van der Waals surface area contributed by atoms with Gasteiger partial charge in [0.2, 0.25) is 0 Å². The highest BCUT2D eigenvalue weighted by molar-refractivity contribution is 7.25. The number of rotatable bonds is 6. The minimum atomic E-state index is 0.152. The second-order valence-electron chi connectivity index (χ2n) is 13.7.